The van der Waals surface area contributed by atoms with Crippen molar-refractivity contribution in [3.63, 3.8) is 0 Å². The first-order chi connectivity index (χ1) is 18.9. The molecule has 1 N–H and O–H groups in total. The third-order valence-corrected chi connectivity index (χ3v) is 10.1. The van der Waals surface area contributed by atoms with Crippen LogP contribution in [0.4, 0.5) is 5.69 Å². The Morgan fingerprint density at radius 3 is 2.59 bits per heavy atom. The number of likely N-dealkylation sites (tertiary alicyclic amines) is 1. The summed E-state index contributed by atoms with van der Waals surface area (Å²) in [4.78, 5) is 45.2. The lowest BCUT2D eigenvalue weighted by Gasteiger charge is -2.37. The largest absolute Gasteiger partial charge is 0.497 e. The second-order valence-electron chi connectivity index (χ2n) is 10.4. The van der Waals surface area contributed by atoms with Crippen LogP contribution in [-0.2, 0) is 19.1 Å². The number of benzene rings is 1. The SMILES string of the molecule is C=CCCOC(=O)[C@@H]1[C@@H]2CCC3(S2)C(C(=O)N(CC=C)c2ccc(OC)cc2)N(CCCCCCO)C(=O)[C@H]13. The number of amides is 2. The highest BCUT2D eigenvalue weighted by Gasteiger charge is 2.74. The van der Waals surface area contributed by atoms with Gasteiger partial charge in [-0.3, -0.25) is 14.4 Å². The molecule has 0 aliphatic carbocycles. The molecule has 3 aliphatic heterocycles. The molecule has 3 fully saturated rings. The van der Waals surface area contributed by atoms with Gasteiger partial charge in [-0.2, -0.15) is 0 Å². The lowest BCUT2D eigenvalue weighted by molar-refractivity contribution is -0.154. The fourth-order valence-electron chi connectivity index (χ4n) is 6.39. The number of unbranched alkanes of at least 4 members (excludes halogenated alkanes) is 3. The van der Waals surface area contributed by atoms with Crippen LogP contribution in [-0.4, -0.2) is 77.2 Å². The molecule has 39 heavy (non-hydrogen) atoms. The fourth-order valence-corrected chi connectivity index (χ4v) is 8.59. The van der Waals surface area contributed by atoms with Crippen molar-refractivity contribution < 1.29 is 29.0 Å². The average molecular weight is 557 g/mol. The molecule has 5 atom stereocenters. The van der Waals surface area contributed by atoms with Crippen molar-refractivity contribution in [2.24, 2.45) is 11.8 Å². The molecule has 212 valence electrons. The summed E-state index contributed by atoms with van der Waals surface area (Å²) in [5.74, 6) is -1.06. The van der Waals surface area contributed by atoms with Crippen molar-refractivity contribution in [3.8, 4) is 5.75 Å². The number of nitrogens with zero attached hydrogens (tertiary/aromatic N) is 2. The Morgan fingerprint density at radius 2 is 1.92 bits per heavy atom. The maximum absolute atomic E-state index is 14.5. The normalized spacial score (nSPS) is 26.8. The predicted molar refractivity (Wildman–Crippen MR) is 153 cm³/mol. The summed E-state index contributed by atoms with van der Waals surface area (Å²) in [5, 5.41) is 9.11. The van der Waals surface area contributed by atoms with E-state index in [9.17, 15) is 14.4 Å². The van der Waals surface area contributed by atoms with E-state index in [0.29, 0.717) is 43.8 Å². The molecule has 0 aromatic heterocycles. The molecule has 1 spiro atoms. The Bertz CT molecular complexity index is 1060. The number of fused-ring (bicyclic) bond motifs is 1. The minimum Gasteiger partial charge on any atom is -0.497 e. The second kappa shape index (κ2) is 13.0. The molecule has 0 radical (unpaired) electrons. The molecule has 1 aromatic rings. The van der Waals surface area contributed by atoms with Crippen molar-refractivity contribution in [1.29, 1.82) is 0 Å². The number of esters is 1. The van der Waals surface area contributed by atoms with Crippen molar-refractivity contribution in [3.05, 3.63) is 49.6 Å². The highest BCUT2D eigenvalue weighted by Crippen LogP contribution is 2.66. The van der Waals surface area contributed by atoms with Gasteiger partial charge in [-0.25, -0.2) is 0 Å². The number of carbonyl (C=O) groups excluding carboxylic acids is 3. The van der Waals surface area contributed by atoms with Gasteiger partial charge in [0.15, 0.2) is 0 Å². The van der Waals surface area contributed by atoms with Crippen LogP contribution in [0.15, 0.2) is 49.6 Å². The Morgan fingerprint density at radius 1 is 1.18 bits per heavy atom. The number of hydrogen-bond donors (Lipinski definition) is 1. The monoisotopic (exact) mass is 556 g/mol. The standard InChI is InChI=1S/C30H40N2O6S/c1-4-6-20-38-29(36)24-23-15-16-30(39-23)25(24)27(34)32(18-9-7-8-10-19-33)26(30)28(35)31(17-5-2)21-11-13-22(37-3)14-12-21/h4-5,11-14,23-26,33H,1-2,6-10,15-20H2,3H3/t23-,24+,25-,26?,30?/m0/s1. The van der Waals surface area contributed by atoms with Crippen LogP contribution in [0.3, 0.4) is 0 Å². The van der Waals surface area contributed by atoms with E-state index in [1.807, 2.05) is 24.3 Å². The van der Waals surface area contributed by atoms with Gasteiger partial charge < -0.3 is 24.4 Å². The lowest BCUT2D eigenvalue weighted by atomic mass is 9.71. The Hall–Kier alpha value is -2.78. The van der Waals surface area contributed by atoms with Gasteiger partial charge in [0.1, 0.15) is 11.8 Å². The lowest BCUT2D eigenvalue weighted by Crippen LogP contribution is -2.55. The number of carbonyl (C=O) groups is 3. The molecule has 2 amide bonds. The summed E-state index contributed by atoms with van der Waals surface area (Å²) in [7, 11) is 1.59. The minimum atomic E-state index is -0.684. The van der Waals surface area contributed by atoms with E-state index in [2.05, 4.69) is 13.2 Å². The maximum Gasteiger partial charge on any atom is 0.310 e. The summed E-state index contributed by atoms with van der Waals surface area (Å²) < 4.78 is 10.2. The van der Waals surface area contributed by atoms with E-state index in [1.165, 1.54) is 0 Å². The van der Waals surface area contributed by atoms with Crippen molar-refractivity contribution >= 4 is 35.2 Å². The van der Waals surface area contributed by atoms with Gasteiger partial charge in [-0.1, -0.05) is 25.0 Å². The number of methoxy groups -OCH3 is 1. The number of anilines is 1. The van der Waals surface area contributed by atoms with Gasteiger partial charge in [0.05, 0.1) is 30.3 Å². The number of ether oxygens (including phenoxy) is 2. The number of aliphatic hydroxyl groups is 1. The smallest absolute Gasteiger partial charge is 0.310 e. The van der Waals surface area contributed by atoms with Crippen molar-refractivity contribution in [2.45, 2.75) is 61.0 Å². The van der Waals surface area contributed by atoms with E-state index < -0.39 is 22.6 Å². The topological polar surface area (TPSA) is 96.4 Å². The molecular weight excluding hydrogens is 516 g/mol. The van der Waals surface area contributed by atoms with E-state index in [4.69, 9.17) is 14.6 Å². The summed E-state index contributed by atoms with van der Waals surface area (Å²) in [6.45, 7) is 8.67. The Balaban J connectivity index is 1.66. The van der Waals surface area contributed by atoms with Crippen molar-refractivity contribution in [2.75, 3.05) is 38.3 Å². The summed E-state index contributed by atoms with van der Waals surface area (Å²) >= 11 is 1.64. The summed E-state index contributed by atoms with van der Waals surface area (Å²) in [5.41, 5.74) is 0.703. The number of hydrogen-bond acceptors (Lipinski definition) is 7. The Kier molecular flexibility index (Phi) is 9.77. The van der Waals surface area contributed by atoms with Gasteiger partial charge in [0, 0.05) is 30.6 Å². The minimum absolute atomic E-state index is 0.0361. The van der Waals surface area contributed by atoms with Gasteiger partial charge in [-0.15, -0.1) is 24.9 Å². The zero-order valence-electron chi connectivity index (χ0n) is 22.8. The molecule has 3 heterocycles. The van der Waals surface area contributed by atoms with Gasteiger partial charge >= 0.3 is 5.97 Å². The average Bonchev–Trinajstić information content (AvgIpc) is 3.59. The van der Waals surface area contributed by atoms with E-state index in [0.717, 1.165) is 25.7 Å². The van der Waals surface area contributed by atoms with Gasteiger partial charge in [0.25, 0.3) is 5.91 Å². The number of thioether (sulfide) groups is 1. The van der Waals surface area contributed by atoms with Crippen LogP contribution in [0.25, 0.3) is 0 Å². The zero-order valence-corrected chi connectivity index (χ0v) is 23.6. The first-order valence-electron chi connectivity index (χ1n) is 13.9. The summed E-state index contributed by atoms with van der Waals surface area (Å²) in [6.07, 6.45) is 8.56. The number of aliphatic hydroxyl groups excluding tert-OH is 1. The first-order valence-corrected chi connectivity index (χ1v) is 14.7. The second-order valence-corrected chi connectivity index (χ2v) is 12.0. The summed E-state index contributed by atoms with van der Waals surface area (Å²) in [6, 6.07) is 6.61. The van der Waals surface area contributed by atoms with Crippen LogP contribution in [0.2, 0.25) is 0 Å². The van der Waals surface area contributed by atoms with Crippen LogP contribution in [0.5, 0.6) is 5.75 Å². The van der Waals surface area contributed by atoms with Crippen LogP contribution in [0, 0.1) is 11.8 Å². The molecule has 1 aromatic carbocycles. The molecule has 0 saturated carbocycles. The van der Waals surface area contributed by atoms with Crippen LogP contribution in [0.1, 0.15) is 44.9 Å². The molecule has 9 heteroatoms. The molecule has 2 unspecified atom stereocenters. The Labute approximate surface area is 235 Å². The van der Waals surface area contributed by atoms with Gasteiger partial charge in [0.2, 0.25) is 5.91 Å². The number of rotatable bonds is 15. The van der Waals surface area contributed by atoms with E-state index in [1.54, 1.807) is 40.8 Å². The van der Waals surface area contributed by atoms with Crippen molar-refractivity contribution in [1.82, 2.24) is 4.90 Å². The molecule has 4 rings (SSSR count). The van der Waals surface area contributed by atoms with E-state index >= 15 is 0 Å². The van der Waals surface area contributed by atoms with Crippen LogP contribution < -0.4 is 9.64 Å². The zero-order chi connectivity index (χ0) is 28.0. The quantitative estimate of drug-likeness (QED) is 0.198. The molecular formula is C30H40N2O6S. The predicted octanol–water partition coefficient (Wildman–Crippen LogP) is 3.98. The highest BCUT2D eigenvalue weighted by atomic mass is 32.2. The van der Waals surface area contributed by atoms with Gasteiger partial charge in [-0.05, 0) is 56.4 Å². The first kappa shape index (κ1) is 29.2. The maximum atomic E-state index is 14.5. The third kappa shape index (κ3) is 5.61. The third-order valence-electron chi connectivity index (χ3n) is 8.14. The molecule has 2 bridgehead atoms. The fraction of sp³-hybridized carbons (Fsp3) is 0.567. The molecule has 3 saturated heterocycles. The van der Waals surface area contributed by atoms with Crippen LogP contribution >= 0.6 is 11.8 Å². The highest BCUT2D eigenvalue weighted by molar-refractivity contribution is 8.02. The molecule has 3 aliphatic rings. The molecule has 8 nitrogen and oxygen atoms in total. The van der Waals surface area contributed by atoms with E-state index in [-0.39, 0.29) is 36.2 Å².